The number of carboxylic acid groups (broad SMARTS) is 1. The van der Waals surface area contributed by atoms with E-state index in [4.69, 9.17) is 5.11 Å². The summed E-state index contributed by atoms with van der Waals surface area (Å²) in [6, 6.07) is 9.56. The highest BCUT2D eigenvalue weighted by Crippen LogP contribution is 2.23. The van der Waals surface area contributed by atoms with Crippen LogP contribution in [0.5, 0.6) is 0 Å². The minimum absolute atomic E-state index is 0.0555. The molecule has 31 heavy (non-hydrogen) atoms. The summed E-state index contributed by atoms with van der Waals surface area (Å²) in [6.45, 7) is 3.76. The van der Waals surface area contributed by atoms with Crippen LogP contribution in [-0.2, 0) is 10.0 Å². The molecular formula is C22H28N4O4S. The molecule has 1 aromatic heterocycles. The number of rotatable bonds is 8. The van der Waals surface area contributed by atoms with Gasteiger partial charge in [0.2, 0.25) is 16.0 Å². The van der Waals surface area contributed by atoms with Crippen molar-refractivity contribution in [3.63, 3.8) is 0 Å². The first-order chi connectivity index (χ1) is 14.7. The molecule has 0 bridgehead atoms. The normalized spacial score (nSPS) is 16.7. The second-order valence-corrected chi connectivity index (χ2v) is 9.79. The van der Waals surface area contributed by atoms with Crippen molar-refractivity contribution in [2.24, 2.45) is 5.92 Å². The number of carbonyl (C=O) groups is 1. The molecule has 0 amide bonds. The van der Waals surface area contributed by atoms with Crippen LogP contribution in [0.3, 0.4) is 0 Å². The first kappa shape index (κ1) is 22.9. The van der Waals surface area contributed by atoms with Crippen LogP contribution in [0.1, 0.15) is 35.7 Å². The van der Waals surface area contributed by atoms with E-state index in [0.29, 0.717) is 25.6 Å². The van der Waals surface area contributed by atoms with E-state index in [1.165, 1.54) is 18.6 Å². The largest absolute Gasteiger partial charge is 0.478 e. The van der Waals surface area contributed by atoms with E-state index in [0.717, 1.165) is 18.4 Å². The van der Waals surface area contributed by atoms with Gasteiger partial charge in [0.05, 0.1) is 11.8 Å². The zero-order chi connectivity index (χ0) is 22.4. The third-order valence-electron chi connectivity index (χ3n) is 5.47. The summed E-state index contributed by atoms with van der Waals surface area (Å²) in [6.07, 6.45) is 9.36. The molecule has 166 valence electrons. The lowest BCUT2D eigenvalue weighted by molar-refractivity contribution is 0.0696. The first-order valence-corrected chi connectivity index (χ1v) is 12.1. The van der Waals surface area contributed by atoms with Gasteiger partial charge in [-0.25, -0.2) is 23.2 Å². The first-order valence-electron chi connectivity index (χ1n) is 10.2. The Hall–Kier alpha value is -2.78. The lowest BCUT2D eigenvalue weighted by atomic mass is 9.96. The van der Waals surface area contributed by atoms with Crippen molar-refractivity contribution < 1.29 is 18.3 Å². The number of aromatic nitrogens is 2. The van der Waals surface area contributed by atoms with Crippen molar-refractivity contribution in [1.82, 2.24) is 14.3 Å². The van der Waals surface area contributed by atoms with E-state index < -0.39 is 16.0 Å². The quantitative estimate of drug-likeness (QED) is 0.668. The van der Waals surface area contributed by atoms with E-state index in [1.807, 2.05) is 54.3 Å². The summed E-state index contributed by atoms with van der Waals surface area (Å²) in [5.74, 6) is -0.319. The Morgan fingerprint density at radius 3 is 2.39 bits per heavy atom. The van der Waals surface area contributed by atoms with Crippen molar-refractivity contribution in [3.05, 3.63) is 59.9 Å². The number of anilines is 1. The fourth-order valence-electron chi connectivity index (χ4n) is 3.68. The zero-order valence-corrected chi connectivity index (χ0v) is 18.6. The Bertz CT molecular complexity index is 1000. The second kappa shape index (κ2) is 10.0. The number of nitrogens with zero attached hydrogens (tertiary/aromatic N) is 4. The molecule has 3 rings (SSSR count). The van der Waals surface area contributed by atoms with Gasteiger partial charge in [0.25, 0.3) is 0 Å². The van der Waals surface area contributed by atoms with Gasteiger partial charge in [-0.2, -0.15) is 4.31 Å². The smallest absolute Gasteiger partial charge is 0.338 e. The fraction of sp³-hybridized carbons (Fsp3) is 0.409. The molecule has 1 aliphatic rings. The van der Waals surface area contributed by atoms with Gasteiger partial charge in [-0.1, -0.05) is 42.5 Å². The minimum Gasteiger partial charge on any atom is -0.478 e. The van der Waals surface area contributed by atoms with E-state index in [1.54, 1.807) is 4.31 Å². The molecule has 0 radical (unpaired) electrons. The Labute approximate surface area is 183 Å². The van der Waals surface area contributed by atoms with Gasteiger partial charge in [0.15, 0.2) is 0 Å². The lowest BCUT2D eigenvalue weighted by Crippen LogP contribution is -2.44. The molecule has 0 spiro atoms. The molecule has 1 fully saturated rings. The predicted molar refractivity (Wildman–Crippen MR) is 120 cm³/mol. The van der Waals surface area contributed by atoms with Crippen LogP contribution in [0.2, 0.25) is 0 Å². The van der Waals surface area contributed by atoms with Crippen LogP contribution >= 0.6 is 0 Å². The molecule has 9 heteroatoms. The maximum Gasteiger partial charge on any atom is 0.338 e. The number of hydrogen-bond donors (Lipinski definition) is 1. The molecule has 0 saturated carbocycles. The van der Waals surface area contributed by atoms with Gasteiger partial charge in [-0.3, -0.25) is 0 Å². The van der Waals surface area contributed by atoms with E-state index >= 15 is 0 Å². The minimum atomic E-state index is -3.36. The van der Waals surface area contributed by atoms with Gasteiger partial charge in [-0.15, -0.1) is 0 Å². The number of sulfonamides is 1. The molecule has 1 saturated heterocycles. The maximum atomic E-state index is 12.4. The summed E-state index contributed by atoms with van der Waals surface area (Å²) in [7, 11) is -3.36. The number of hydrogen-bond acceptors (Lipinski definition) is 6. The van der Waals surface area contributed by atoms with Gasteiger partial charge >= 0.3 is 5.97 Å². The number of piperidine rings is 1. The number of aromatic carboxylic acids is 1. The Morgan fingerprint density at radius 1 is 1.23 bits per heavy atom. The average molecular weight is 445 g/mol. The fourth-order valence-corrected chi connectivity index (χ4v) is 4.84. The van der Waals surface area contributed by atoms with Crippen LogP contribution < -0.4 is 4.90 Å². The summed E-state index contributed by atoms with van der Waals surface area (Å²) in [5.41, 5.74) is 1.09. The SMILES string of the molecule is CC(C=Cc1ccccc1)N(CC1CCN(c2ncc(C(=O)O)cn2)CC1)S(C)(=O)=O. The molecule has 8 nitrogen and oxygen atoms in total. The Morgan fingerprint density at radius 2 is 1.84 bits per heavy atom. The topological polar surface area (TPSA) is 104 Å². The summed E-state index contributed by atoms with van der Waals surface area (Å²) >= 11 is 0. The highest BCUT2D eigenvalue weighted by Gasteiger charge is 2.28. The summed E-state index contributed by atoms with van der Waals surface area (Å²) < 4.78 is 26.4. The van der Waals surface area contributed by atoms with Gasteiger partial charge in [0, 0.05) is 38.1 Å². The summed E-state index contributed by atoms with van der Waals surface area (Å²) in [5, 5.41) is 8.97. The second-order valence-electron chi connectivity index (χ2n) is 7.85. The number of benzene rings is 1. The standard InChI is InChI=1S/C22H28N4O4S/c1-17(8-9-18-6-4-3-5-7-18)26(31(2,29)30)16-19-10-12-25(13-11-19)22-23-14-20(15-24-22)21(27)28/h3-9,14-15,17,19H,10-13,16H2,1-2H3,(H,27,28). The van der Waals surface area contributed by atoms with Crippen molar-refractivity contribution in [2.45, 2.75) is 25.8 Å². The molecule has 1 unspecified atom stereocenters. The van der Waals surface area contributed by atoms with Gasteiger partial charge < -0.3 is 10.0 Å². The third-order valence-corrected chi connectivity index (χ3v) is 6.80. The van der Waals surface area contributed by atoms with Crippen molar-refractivity contribution >= 4 is 28.0 Å². The molecule has 1 aromatic carbocycles. The van der Waals surface area contributed by atoms with Crippen LogP contribution in [0.25, 0.3) is 6.08 Å². The molecule has 1 N–H and O–H groups in total. The van der Waals surface area contributed by atoms with Crippen molar-refractivity contribution in [2.75, 3.05) is 30.8 Å². The van der Waals surface area contributed by atoms with E-state index in [-0.39, 0.29) is 17.5 Å². The molecule has 1 aliphatic heterocycles. The molecule has 1 atom stereocenters. The molecule has 2 heterocycles. The predicted octanol–water partition coefficient (Wildman–Crippen LogP) is 2.75. The average Bonchev–Trinajstić information content (AvgIpc) is 2.76. The molecular weight excluding hydrogens is 416 g/mol. The van der Waals surface area contributed by atoms with Crippen molar-refractivity contribution in [3.8, 4) is 0 Å². The Kier molecular flexibility index (Phi) is 7.40. The molecule has 2 aromatic rings. The van der Waals surface area contributed by atoms with E-state index in [2.05, 4.69) is 9.97 Å². The zero-order valence-electron chi connectivity index (χ0n) is 17.8. The highest BCUT2D eigenvalue weighted by molar-refractivity contribution is 7.88. The molecule has 0 aliphatic carbocycles. The van der Waals surface area contributed by atoms with Gasteiger partial charge in [-0.05, 0) is 31.2 Å². The van der Waals surface area contributed by atoms with Crippen LogP contribution in [0, 0.1) is 5.92 Å². The number of carboxylic acids is 1. The monoisotopic (exact) mass is 444 g/mol. The summed E-state index contributed by atoms with van der Waals surface area (Å²) in [4.78, 5) is 21.2. The van der Waals surface area contributed by atoms with Crippen molar-refractivity contribution in [1.29, 1.82) is 0 Å². The van der Waals surface area contributed by atoms with Crippen LogP contribution in [0.4, 0.5) is 5.95 Å². The van der Waals surface area contributed by atoms with Crippen LogP contribution in [-0.4, -0.2) is 65.7 Å². The Balaban J connectivity index is 1.60. The third kappa shape index (κ3) is 6.35. The van der Waals surface area contributed by atoms with Crippen LogP contribution in [0.15, 0.2) is 48.8 Å². The lowest BCUT2D eigenvalue weighted by Gasteiger charge is -2.35. The van der Waals surface area contributed by atoms with Gasteiger partial charge in [0.1, 0.15) is 0 Å². The highest BCUT2D eigenvalue weighted by atomic mass is 32.2. The van der Waals surface area contributed by atoms with E-state index in [9.17, 15) is 13.2 Å². The maximum absolute atomic E-state index is 12.4.